The van der Waals surface area contributed by atoms with Crippen LogP contribution < -0.4 is 5.01 Å². The summed E-state index contributed by atoms with van der Waals surface area (Å²) < 4.78 is 34.8. The van der Waals surface area contributed by atoms with Crippen LogP contribution in [0.3, 0.4) is 0 Å². The van der Waals surface area contributed by atoms with E-state index in [1.165, 1.54) is 12.1 Å². The monoisotopic (exact) mass is 300 g/mol. The minimum absolute atomic E-state index is 0.214. The number of amides is 1. The maximum atomic E-state index is 11.6. The Balaban J connectivity index is 2.26. The van der Waals surface area contributed by atoms with Gasteiger partial charge in [-0.3, -0.25) is 9.35 Å². The topological polar surface area (TPSA) is 134 Å². The number of carbonyl (C=O) groups excluding carboxylic acids is 1. The number of benzene rings is 1. The van der Waals surface area contributed by atoms with Crippen molar-refractivity contribution in [1.82, 2.24) is 0 Å². The van der Waals surface area contributed by atoms with E-state index in [4.69, 9.17) is 9.66 Å². The van der Waals surface area contributed by atoms with Gasteiger partial charge in [-0.25, -0.2) is 4.79 Å². The summed E-state index contributed by atoms with van der Waals surface area (Å²) in [4.78, 5) is 21.6. The fourth-order valence-electron chi connectivity index (χ4n) is 1.53. The minimum atomic E-state index is -4.32. The van der Waals surface area contributed by atoms with Gasteiger partial charge in [0, 0.05) is 0 Å². The van der Waals surface area contributed by atoms with Crippen LogP contribution in [0.1, 0.15) is 6.42 Å². The van der Waals surface area contributed by atoms with E-state index in [2.05, 4.69) is 9.84 Å². The lowest BCUT2D eigenvalue weighted by Crippen LogP contribution is -2.19. The zero-order chi connectivity index (χ0) is 14.9. The minimum Gasteiger partial charge on any atom is -0.449 e. The Hall–Kier alpha value is -2.46. The fourth-order valence-corrected chi connectivity index (χ4v) is 2.01. The van der Waals surface area contributed by atoms with E-state index in [1.54, 1.807) is 0 Å². The first-order valence-corrected chi connectivity index (χ1v) is 6.60. The molecule has 10 heteroatoms. The summed E-state index contributed by atoms with van der Waals surface area (Å²) in [6.07, 6.45) is -1.90. The molecule has 0 aromatic heterocycles. The van der Waals surface area contributed by atoms with Crippen molar-refractivity contribution in [2.45, 2.75) is 11.3 Å². The molecule has 106 valence electrons. The molecule has 0 radical (unpaired) electrons. The van der Waals surface area contributed by atoms with Crippen molar-refractivity contribution >= 4 is 33.8 Å². The van der Waals surface area contributed by atoms with Crippen molar-refractivity contribution in [3.05, 3.63) is 24.3 Å². The summed E-state index contributed by atoms with van der Waals surface area (Å²) in [6.45, 7) is 0. The van der Waals surface area contributed by atoms with Gasteiger partial charge in [0.25, 0.3) is 16.0 Å². The molecule has 0 saturated carbocycles. The highest BCUT2D eigenvalue weighted by Crippen LogP contribution is 2.22. The number of anilines is 1. The molecule has 0 unspecified atom stereocenters. The summed E-state index contributed by atoms with van der Waals surface area (Å²) in [5, 5.41) is 13.0. The van der Waals surface area contributed by atoms with Crippen LogP contribution in [-0.2, 0) is 19.6 Å². The molecule has 20 heavy (non-hydrogen) atoms. The quantitative estimate of drug-likeness (QED) is 0.605. The van der Waals surface area contributed by atoms with Gasteiger partial charge in [-0.15, -0.1) is 5.10 Å². The van der Waals surface area contributed by atoms with Crippen molar-refractivity contribution in [2.75, 3.05) is 5.01 Å². The van der Waals surface area contributed by atoms with E-state index in [9.17, 15) is 18.0 Å². The molecule has 1 aromatic rings. The predicted octanol–water partition coefficient (Wildman–Crippen LogP) is 0.678. The number of hydrogen-bond donors (Lipinski definition) is 2. The van der Waals surface area contributed by atoms with E-state index in [0.717, 1.165) is 17.1 Å². The Morgan fingerprint density at radius 3 is 2.40 bits per heavy atom. The van der Waals surface area contributed by atoms with Crippen molar-refractivity contribution in [1.29, 1.82) is 0 Å². The Kier molecular flexibility index (Phi) is 3.42. The summed E-state index contributed by atoms with van der Waals surface area (Å²) >= 11 is 0. The molecule has 0 fully saturated rings. The molecule has 2 rings (SSSR count). The first kappa shape index (κ1) is 14.0. The summed E-state index contributed by atoms with van der Waals surface area (Å²) in [6, 6.07) is 4.66. The van der Waals surface area contributed by atoms with E-state index in [-0.39, 0.29) is 22.9 Å². The summed E-state index contributed by atoms with van der Waals surface area (Å²) in [5.74, 6) is -0.804. The SMILES string of the molecule is O=C(O)OC1=NN(c2ccc(S(=O)(=O)O)cc2)C(=O)C1. The molecule has 0 atom stereocenters. The van der Waals surface area contributed by atoms with Gasteiger partial charge in [0.15, 0.2) is 0 Å². The van der Waals surface area contributed by atoms with Crippen molar-refractivity contribution in [3.8, 4) is 0 Å². The first-order chi connectivity index (χ1) is 9.27. The number of rotatable bonds is 2. The second-order valence-electron chi connectivity index (χ2n) is 3.71. The van der Waals surface area contributed by atoms with Crippen molar-refractivity contribution in [2.24, 2.45) is 5.10 Å². The lowest BCUT2D eigenvalue weighted by atomic mass is 10.3. The zero-order valence-corrected chi connectivity index (χ0v) is 10.6. The number of ether oxygens (including phenoxy) is 1. The number of carbonyl (C=O) groups is 2. The van der Waals surface area contributed by atoms with Crippen LogP contribution in [0.4, 0.5) is 10.5 Å². The van der Waals surface area contributed by atoms with E-state index in [0.29, 0.717) is 0 Å². The third-order valence-electron chi connectivity index (χ3n) is 2.33. The fraction of sp³-hybridized carbons (Fsp3) is 0.100. The highest BCUT2D eigenvalue weighted by Gasteiger charge is 2.28. The van der Waals surface area contributed by atoms with Gasteiger partial charge in [-0.05, 0) is 24.3 Å². The molecule has 9 nitrogen and oxygen atoms in total. The van der Waals surface area contributed by atoms with E-state index >= 15 is 0 Å². The second-order valence-corrected chi connectivity index (χ2v) is 5.13. The second kappa shape index (κ2) is 4.90. The van der Waals surface area contributed by atoms with Gasteiger partial charge in [-0.2, -0.15) is 13.4 Å². The maximum Gasteiger partial charge on any atom is 0.512 e. The maximum absolute atomic E-state index is 11.6. The van der Waals surface area contributed by atoms with Crippen LogP contribution in [0, 0.1) is 0 Å². The standard InChI is InChI=1S/C10H8N2O7S/c13-9-5-8(19-10(14)15)11-12(9)6-1-3-7(4-2-6)20(16,17)18/h1-4H,5H2,(H,14,15)(H,16,17,18). The zero-order valence-electron chi connectivity index (χ0n) is 9.75. The molecule has 0 aliphatic carbocycles. The van der Waals surface area contributed by atoms with Gasteiger partial charge in [0.1, 0.15) is 6.42 Å². The predicted molar refractivity (Wildman–Crippen MR) is 64.9 cm³/mol. The molecular formula is C10H8N2O7S. The Morgan fingerprint density at radius 1 is 1.30 bits per heavy atom. The van der Waals surface area contributed by atoms with Crippen molar-refractivity contribution in [3.63, 3.8) is 0 Å². The van der Waals surface area contributed by atoms with Crippen LogP contribution in [0.15, 0.2) is 34.3 Å². The molecule has 0 bridgehead atoms. The molecule has 2 N–H and O–H groups in total. The van der Waals surface area contributed by atoms with E-state index < -0.39 is 22.2 Å². The van der Waals surface area contributed by atoms with Crippen LogP contribution in [0.2, 0.25) is 0 Å². The highest BCUT2D eigenvalue weighted by molar-refractivity contribution is 7.85. The Bertz CT molecular complexity index is 693. The number of hydrogen-bond acceptors (Lipinski definition) is 6. The third-order valence-corrected chi connectivity index (χ3v) is 3.20. The molecule has 1 aromatic carbocycles. The Morgan fingerprint density at radius 2 is 1.90 bits per heavy atom. The molecule has 1 heterocycles. The number of carboxylic acid groups (broad SMARTS) is 1. The molecule has 0 saturated heterocycles. The third kappa shape index (κ3) is 2.92. The largest absolute Gasteiger partial charge is 0.512 e. The number of nitrogens with zero attached hydrogens (tertiary/aromatic N) is 2. The lowest BCUT2D eigenvalue weighted by Gasteiger charge is -2.10. The molecule has 1 amide bonds. The van der Waals surface area contributed by atoms with Crippen molar-refractivity contribution < 1.29 is 32.4 Å². The van der Waals surface area contributed by atoms with Gasteiger partial charge >= 0.3 is 6.16 Å². The average molecular weight is 300 g/mol. The summed E-state index contributed by atoms with van der Waals surface area (Å²) in [7, 11) is -4.32. The van der Waals surface area contributed by atoms with Crippen LogP contribution >= 0.6 is 0 Å². The molecular weight excluding hydrogens is 292 g/mol. The van der Waals surface area contributed by atoms with Gasteiger partial charge < -0.3 is 9.84 Å². The smallest absolute Gasteiger partial charge is 0.449 e. The van der Waals surface area contributed by atoms with Gasteiger partial charge in [0.2, 0.25) is 5.90 Å². The highest BCUT2D eigenvalue weighted by atomic mass is 32.2. The molecule has 0 spiro atoms. The lowest BCUT2D eigenvalue weighted by molar-refractivity contribution is -0.117. The van der Waals surface area contributed by atoms with Crippen LogP contribution in [-0.4, -0.2) is 36.0 Å². The molecule has 1 aliphatic rings. The van der Waals surface area contributed by atoms with Crippen LogP contribution in [0.5, 0.6) is 0 Å². The molecule has 1 aliphatic heterocycles. The van der Waals surface area contributed by atoms with Gasteiger partial charge in [-0.1, -0.05) is 0 Å². The Labute approximate surface area is 112 Å². The van der Waals surface area contributed by atoms with E-state index in [1.807, 2.05) is 0 Å². The summed E-state index contributed by atoms with van der Waals surface area (Å²) in [5.41, 5.74) is 0.214. The first-order valence-electron chi connectivity index (χ1n) is 5.16. The normalized spacial score (nSPS) is 15.2. The van der Waals surface area contributed by atoms with Gasteiger partial charge in [0.05, 0.1) is 10.6 Å². The average Bonchev–Trinajstić information content (AvgIpc) is 2.68. The van der Waals surface area contributed by atoms with Crippen LogP contribution in [0.25, 0.3) is 0 Å². The number of hydrazone groups is 1.